The second kappa shape index (κ2) is 13.5. The number of rotatable bonds is 13. The lowest BCUT2D eigenvalue weighted by Crippen LogP contribution is -2.22. The molecule has 0 fully saturated rings. The van der Waals surface area contributed by atoms with Crippen molar-refractivity contribution < 1.29 is 37.3 Å². The number of sulfonamides is 1. The summed E-state index contributed by atoms with van der Waals surface area (Å²) in [7, 11) is -4.27. The number of aliphatic hydroxyl groups is 2. The van der Waals surface area contributed by atoms with E-state index in [2.05, 4.69) is 4.72 Å². The SMILES string of the molecule is CC(C)c1c(S(=O)(=O)Nc2ccccc2)c(-c2ccc(F)cc2)c(-c2ccc(F)cc2)n1CC[C@@H](O)C[C@@H](O)CC(=O)O. The zero-order valence-electron chi connectivity index (χ0n) is 23.7. The largest absolute Gasteiger partial charge is 0.481 e. The molecule has 4 rings (SSSR count). The summed E-state index contributed by atoms with van der Waals surface area (Å²) in [4.78, 5) is 10.9. The zero-order valence-corrected chi connectivity index (χ0v) is 24.6. The molecule has 4 aromatic rings. The normalized spacial score (nSPS) is 13.2. The molecule has 0 aliphatic carbocycles. The Bertz CT molecular complexity index is 1650. The predicted molar refractivity (Wildman–Crippen MR) is 160 cm³/mol. The van der Waals surface area contributed by atoms with E-state index in [9.17, 15) is 32.2 Å². The Kier molecular flexibility index (Phi) is 10.0. The fraction of sp³-hybridized carbons (Fsp3) is 0.281. The molecule has 0 aliphatic heterocycles. The summed E-state index contributed by atoms with van der Waals surface area (Å²) in [6, 6.07) is 19.3. The third-order valence-electron chi connectivity index (χ3n) is 6.99. The molecule has 1 heterocycles. The predicted octanol–water partition coefficient (Wildman–Crippen LogP) is 6.00. The van der Waals surface area contributed by atoms with E-state index >= 15 is 0 Å². The molecule has 228 valence electrons. The summed E-state index contributed by atoms with van der Waals surface area (Å²) in [5, 5.41) is 29.7. The number of anilines is 1. The summed E-state index contributed by atoms with van der Waals surface area (Å²) in [5.74, 6) is -2.57. The van der Waals surface area contributed by atoms with Gasteiger partial charge in [-0.25, -0.2) is 17.2 Å². The molecule has 0 bridgehead atoms. The van der Waals surface area contributed by atoms with Gasteiger partial charge in [0.05, 0.1) is 24.3 Å². The Morgan fingerprint density at radius 3 is 1.95 bits per heavy atom. The van der Waals surface area contributed by atoms with Crippen molar-refractivity contribution in [1.29, 1.82) is 0 Å². The van der Waals surface area contributed by atoms with Crippen molar-refractivity contribution in [2.75, 3.05) is 4.72 Å². The van der Waals surface area contributed by atoms with Gasteiger partial charge in [0, 0.05) is 23.5 Å². The van der Waals surface area contributed by atoms with Gasteiger partial charge in [-0.2, -0.15) is 0 Å². The summed E-state index contributed by atoms with van der Waals surface area (Å²) in [6.45, 7) is 3.73. The minimum absolute atomic E-state index is 0.0438. The highest BCUT2D eigenvalue weighted by atomic mass is 32.2. The van der Waals surface area contributed by atoms with E-state index in [0.717, 1.165) is 0 Å². The number of aliphatic hydroxyl groups excluding tert-OH is 2. The van der Waals surface area contributed by atoms with E-state index in [1.165, 1.54) is 48.5 Å². The van der Waals surface area contributed by atoms with Crippen LogP contribution >= 0.6 is 0 Å². The number of carbonyl (C=O) groups is 1. The number of aromatic nitrogens is 1. The van der Waals surface area contributed by atoms with Crippen LogP contribution in [0.5, 0.6) is 0 Å². The molecule has 0 saturated heterocycles. The molecule has 43 heavy (non-hydrogen) atoms. The lowest BCUT2D eigenvalue weighted by atomic mass is 10.00. The number of carboxylic acid groups (broad SMARTS) is 1. The fourth-order valence-corrected chi connectivity index (χ4v) is 6.84. The Hall–Kier alpha value is -4.06. The van der Waals surface area contributed by atoms with Crippen LogP contribution in [0.25, 0.3) is 22.4 Å². The van der Waals surface area contributed by atoms with E-state index in [0.29, 0.717) is 28.2 Å². The first kappa shape index (κ1) is 31.9. The van der Waals surface area contributed by atoms with Crippen molar-refractivity contribution in [3.8, 4) is 22.4 Å². The van der Waals surface area contributed by atoms with Crippen LogP contribution < -0.4 is 4.72 Å². The van der Waals surface area contributed by atoms with Crippen molar-refractivity contribution >= 4 is 21.7 Å². The highest BCUT2D eigenvalue weighted by Gasteiger charge is 2.34. The Morgan fingerprint density at radius 1 is 0.860 bits per heavy atom. The number of benzene rings is 3. The van der Waals surface area contributed by atoms with Gasteiger partial charge in [0.1, 0.15) is 16.5 Å². The van der Waals surface area contributed by atoms with Crippen LogP contribution in [-0.4, -0.2) is 46.5 Å². The Labute approximate surface area is 249 Å². The quantitative estimate of drug-likeness (QED) is 0.147. The van der Waals surface area contributed by atoms with Crippen LogP contribution in [0.3, 0.4) is 0 Å². The fourth-order valence-electron chi connectivity index (χ4n) is 5.19. The molecular formula is C32H34F2N2O6S. The van der Waals surface area contributed by atoms with E-state index in [4.69, 9.17) is 5.11 Å². The third-order valence-corrected chi connectivity index (χ3v) is 8.44. The molecule has 8 nitrogen and oxygen atoms in total. The first-order valence-electron chi connectivity index (χ1n) is 13.8. The van der Waals surface area contributed by atoms with Crippen LogP contribution in [-0.2, 0) is 21.4 Å². The van der Waals surface area contributed by atoms with E-state index in [-0.39, 0.29) is 35.8 Å². The summed E-state index contributed by atoms with van der Waals surface area (Å²) in [5.41, 5.74) is 2.33. The molecule has 3 aromatic carbocycles. The molecule has 11 heteroatoms. The van der Waals surface area contributed by atoms with Crippen LogP contribution in [0.1, 0.15) is 44.7 Å². The number of nitrogens with zero attached hydrogens (tertiary/aromatic N) is 1. The molecule has 4 N–H and O–H groups in total. The van der Waals surface area contributed by atoms with Gasteiger partial charge in [-0.15, -0.1) is 0 Å². The second-order valence-electron chi connectivity index (χ2n) is 10.7. The molecule has 2 atom stereocenters. The minimum atomic E-state index is -4.27. The van der Waals surface area contributed by atoms with Gasteiger partial charge in [-0.3, -0.25) is 9.52 Å². The smallest absolute Gasteiger partial charge is 0.305 e. The van der Waals surface area contributed by atoms with E-state index in [1.54, 1.807) is 34.9 Å². The van der Waals surface area contributed by atoms with Gasteiger partial charge in [-0.05, 0) is 78.4 Å². The van der Waals surface area contributed by atoms with E-state index < -0.39 is 46.3 Å². The van der Waals surface area contributed by atoms with Crippen molar-refractivity contribution in [3.05, 3.63) is 96.2 Å². The number of aliphatic carboxylic acids is 1. The summed E-state index contributed by atoms with van der Waals surface area (Å²) < 4.78 is 60.9. The third kappa shape index (κ3) is 7.67. The molecule has 0 radical (unpaired) electrons. The van der Waals surface area contributed by atoms with Gasteiger partial charge in [-0.1, -0.05) is 44.2 Å². The molecular weight excluding hydrogens is 578 g/mol. The van der Waals surface area contributed by atoms with Crippen LogP contribution in [0.4, 0.5) is 14.5 Å². The van der Waals surface area contributed by atoms with Gasteiger partial charge in [0.15, 0.2) is 0 Å². The van der Waals surface area contributed by atoms with Gasteiger partial charge < -0.3 is 19.9 Å². The molecule has 0 unspecified atom stereocenters. The standard InChI is InChI=1S/C32H34F2N2O6S/c1-20(2)30-32(43(41,42)35-25-6-4-3-5-7-25)29(21-8-12-23(33)13-9-21)31(22-10-14-24(34)15-11-22)36(30)17-16-26(37)18-27(38)19-28(39)40/h3-15,20,26-27,35,37-38H,16-19H2,1-2H3,(H,39,40)/t26-,27-/m1/s1. The van der Waals surface area contributed by atoms with E-state index in [1.807, 2.05) is 13.8 Å². The molecule has 1 aromatic heterocycles. The number of nitrogens with one attached hydrogen (secondary N) is 1. The Balaban J connectivity index is 1.97. The van der Waals surface area contributed by atoms with Crippen LogP contribution in [0, 0.1) is 11.6 Å². The lowest BCUT2D eigenvalue weighted by molar-refractivity contribution is -0.139. The van der Waals surface area contributed by atoms with Crippen molar-refractivity contribution in [3.63, 3.8) is 0 Å². The number of hydrogen-bond acceptors (Lipinski definition) is 5. The number of hydrogen-bond donors (Lipinski definition) is 4. The number of carboxylic acids is 1. The maximum atomic E-state index is 14.2. The average molecular weight is 613 g/mol. The Morgan fingerprint density at radius 2 is 1.42 bits per heavy atom. The molecule has 0 saturated carbocycles. The summed E-state index contributed by atoms with van der Waals surface area (Å²) >= 11 is 0. The highest BCUT2D eigenvalue weighted by molar-refractivity contribution is 7.93. The van der Waals surface area contributed by atoms with Gasteiger partial charge >= 0.3 is 5.97 Å². The van der Waals surface area contributed by atoms with Crippen molar-refractivity contribution in [1.82, 2.24) is 4.57 Å². The minimum Gasteiger partial charge on any atom is -0.481 e. The topological polar surface area (TPSA) is 129 Å². The maximum Gasteiger partial charge on any atom is 0.305 e. The second-order valence-corrected chi connectivity index (χ2v) is 12.3. The van der Waals surface area contributed by atoms with Crippen molar-refractivity contribution in [2.45, 2.75) is 62.7 Å². The maximum absolute atomic E-state index is 14.2. The van der Waals surface area contributed by atoms with Crippen molar-refractivity contribution in [2.24, 2.45) is 0 Å². The number of halogens is 2. The molecule has 0 aliphatic rings. The van der Waals surface area contributed by atoms with Crippen LogP contribution in [0.15, 0.2) is 83.8 Å². The molecule has 0 amide bonds. The highest BCUT2D eigenvalue weighted by Crippen LogP contribution is 2.45. The average Bonchev–Trinajstić information content (AvgIpc) is 3.29. The van der Waals surface area contributed by atoms with Gasteiger partial charge in [0.25, 0.3) is 10.0 Å². The van der Waals surface area contributed by atoms with Gasteiger partial charge in [0.2, 0.25) is 0 Å². The summed E-state index contributed by atoms with van der Waals surface area (Å²) in [6.07, 6.45) is -3.04. The lowest BCUT2D eigenvalue weighted by Gasteiger charge is -2.20. The number of para-hydroxylation sites is 1. The first-order chi connectivity index (χ1) is 20.4. The zero-order chi connectivity index (χ0) is 31.3. The monoisotopic (exact) mass is 612 g/mol. The van der Waals surface area contributed by atoms with Crippen LogP contribution in [0.2, 0.25) is 0 Å². The molecule has 0 spiro atoms. The first-order valence-corrected chi connectivity index (χ1v) is 15.3.